The molecular weight excluding hydrogens is 220 g/mol. The van der Waals surface area contributed by atoms with E-state index >= 15 is 0 Å². The van der Waals surface area contributed by atoms with Crippen molar-refractivity contribution in [2.75, 3.05) is 7.05 Å². The fourth-order valence-electron chi connectivity index (χ4n) is 2.24. The first-order chi connectivity index (χ1) is 7.68. The lowest BCUT2D eigenvalue weighted by Gasteiger charge is -2.33. The van der Waals surface area contributed by atoms with Crippen LogP contribution in [-0.4, -0.2) is 29.9 Å². The average Bonchev–Trinajstić information content (AvgIpc) is 2.81. The van der Waals surface area contributed by atoms with E-state index in [1.807, 2.05) is 28.8 Å². The van der Waals surface area contributed by atoms with Crippen molar-refractivity contribution in [1.82, 2.24) is 4.90 Å². The van der Waals surface area contributed by atoms with Crippen LogP contribution in [-0.2, 0) is 0 Å². The largest absolute Gasteiger partial charge is 0.339 e. The Balaban J connectivity index is 1.97. The van der Waals surface area contributed by atoms with Crippen LogP contribution in [0.4, 0.5) is 0 Å². The van der Waals surface area contributed by atoms with Crippen molar-refractivity contribution in [3.05, 3.63) is 22.4 Å². The summed E-state index contributed by atoms with van der Waals surface area (Å²) in [6.45, 7) is 0. The average molecular weight is 238 g/mol. The van der Waals surface area contributed by atoms with Gasteiger partial charge in [-0.05, 0) is 37.1 Å². The summed E-state index contributed by atoms with van der Waals surface area (Å²) in [7, 11) is 1.90. The van der Waals surface area contributed by atoms with Crippen molar-refractivity contribution in [2.45, 2.75) is 37.8 Å². The van der Waals surface area contributed by atoms with Crippen molar-refractivity contribution in [1.29, 1.82) is 0 Å². The maximum Gasteiger partial charge on any atom is 0.254 e. The van der Waals surface area contributed by atoms with E-state index in [4.69, 9.17) is 5.73 Å². The van der Waals surface area contributed by atoms with Crippen LogP contribution in [0, 0.1) is 0 Å². The number of nitrogens with zero attached hydrogens (tertiary/aromatic N) is 1. The first-order valence-electron chi connectivity index (χ1n) is 5.73. The van der Waals surface area contributed by atoms with Gasteiger partial charge in [0.15, 0.2) is 0 Å². The van der Waals surface area contributed by atoms with Gasteiger partial charge in [0.25, 0.3) is 5.91 Å². The third-order valence-corrected chi connectivity index (χ3v) is 4.06. The molecule has 0 radical (unpaired) electrons. The van der Waals surface area contributed by atoms with E-state index in [-0.39, 0.29) is 5.91 Å². The van der Waals surface area contributed by atoms with Crippen LogP contribution in [0.5, 0.6) is 0 Å². The minimum atomic E-state index is 0.140. The van der Waals surface area contributed by atoms with Crippen molar-refractivity contribution in [3.8, 4) is 0 Å². The first kappa shape index (κ1) is 11.6. The van der Waals surface area contributed by atoms with Crippen molar-refractivity contribution in [3.63, 3.8) is 0 Å². The zero-order valence-corrected chi connectivity index (χ0v) is 10.4. The lowest BCUT2D eigenvalue weighted by molar-refractivity contribution is 0.0690. The van der Waals surface area contributed by atoms with Crippen molar-refractivity contribution in [2.24, 2.45) is 5.73 Å². The highest BCUT2D eigenvalue weighted by molar-refractivity contribution is 7.08. The molecule has 1 saturated carbocycles. The molecule has 0 aliphatic heterocycles. The number of nitrogens with two attached hydrogens (primary N) is 1. The van der Waals surface area contributed by atoms with Gasteiger partial charge in [0, 0.05) is 24.5 Å². The second kappa shape index (κ2) is 4.97. The molecule has 1 aliphatic carbocycles. The summed E-state index contributed by atoms with van der Waals surface area (Å²) in [5.74, 6) is 0.140. The zero-order chi connectivity index (χ0) is 11.5. The Morgan fingerprint density at radius 1 is 1.44 bits per heavy atom. The molecule has 3 nitrogen and oxygen atoms in total. The smallest absolute Gasteiger partial charge is 0.254 e. The van der Waals surface area contributed by atoms with Gasteiger partial charge in [0.2, 0.25) is 0 Å². The summed E-state index contributed by atoms with van der Waals surface area (Å²) in [5.41, 5.74) is 6.67. The van der Waals surface area contributed by atoms with Gasteiger partial charge in [-0.2, -0.15) is 11.3 Å². The van der Waals surface area contributed by atoms with Crippen LogP contribution in [0.2, 0.25) is 0 Å². The predicted octanol–water partition coefficient (Wildman–Crippen LogP) is 2.09. The van der Waals surface area contributed by atoms with Crippen LogP contribution in [0.1, 0.15) is 36.0 Å². The quantitative estimate of drug-likeness (QED) is 0.857. The van der Waals surface area contributed by atoms with Gasteiger partial charge >= 0.3 is 0 Å². The molecule has 0 bridgehead atoms. The molecule has 0 spiro atoms. The van der Waals surface area contributed by atoms with E-state index in [2.05, 4.69) is 0 Å². The van der Waals surface area contributed by atoms with Gasteiger partial charge in [0.1, 0.15) is 0 Å². The highest BCUT2D eigenvalue weighted by Gasteiger charge is 2.25. The molecule has 1 heterocycles. The van der Waals surface area contributed by atoms with E-state index in [1.54, 1.807) is 11.3 Å². The SMILES string of the molecule is CN(C(=O)c1ccsc1)C1CCC(N)CC1. The third kappa shape index (κ3) is 2.44. The minimum Gasteiger partial charge on any atom is -0.339 e. The Kier molecular flexibility index (Phi) is 3.61. The van der Waals surface area contributed by atoms with Gasteiger partial charge < -0.3 is 10.6 Å². The molecule has 0 saturated heterocycles. The Hall–Kier alpha value is -0.870. The standard InChI is InChI=1S/C12H18N2OS/c1-14(11-4-2-10(13)3-5-11)12(15)9-6-7-16-8-9/h6-8,10-11H,2-5,13H2,1H3. The molecule has 1 aliphatic rings. The summed E-state index contributed by atoms with van der Waals surface area (Å²) < 4.78 is 0. The molecule has 2 rings (SSSR count). The number of carbonyl (C=O) groups excluding carboxylic acids is 1. The number of carbonyl (C=O) groups is 1. The van der Waals surface area contributed by atoms with E-state index in [0.717, 1.165) is 31.2 Å². The molecule has 0 unspecified atom stereocenters. The summed E-state index contributed by atoms with van der Waals surface area (Å²) in [6.07, 6.45) is 4.14. The Morgan fingerprint density at radius 2 is 2.12 bits per heavy atom. The van der Waals surface area contributed by atoms with E-state index in [9.17, 15) is 4.79 Å². The van der Waals surface area contributed by atoms with Crippen LogP contribution in [0.25, 0.3) is 0 Å². The number of hydrogen-bond acceptors (Lipinski definition) is 3. The molecule has 0 atom stereocenters. The van der Waals surface area contributed by atoms with Crippen LogP contribution >= 0.6 is 11.3 Å². The topological polar surface area (TPSA) is 46.3 Å². The summed E-state index contributed by atoms with van der Waals surface area (Å²) >= 11 is 1.56. The van der Waals surface area contributed by atoms with Gasteiger partial charge in [-0.1, -0.05) is 0 Å². The molecule has 88 valence electrons. The van der Waals surface area contributed by atoms with Gasteiger partial charge in [-0.25, -0.2) is 0 Å². The van der Waals surface area contributed by atoms with E-state index in [1.165, 1.54) is 0 Å². The van der Waals surface area contributed by atoms with Crippen molar-refractivity contribution < 1.29 is 4.79 Å². The molecule has 16 heavy (non-hydrogen) atoms. The first-order valence-corrected chi connectivity index (χ1v) is 6.67. The predicted molar refractivity (Wildman–Crippen MR) is 66.6 cm³/mol. The van der Waals surface area contributed by atoms with Gasteiger partial charge in [-0.3, -0.25) is 4.79 Å². The van der Waals surface area contributed by atoms with Gasteiger partial charge in [-0.15, -0.1) is 0 Å². The second-order valence-electron chi connectivity index (χ2n) is 4.50. The summed E-state index contributed by atoms with van der Waals surface area (Å²) in [6, 6.07) is 2.59. The molecule has 1 fully saturated rings. The molecule has 1 amide bonds. The maximum absolute atomic E-state index is 12.1. The third-order valence-electron chi connectivity index (χ3n) is 3.38. The number of amides is 1. The molecule has 0 aromatic carbocycles. The van der Waals surface area contributed by atoms with Gasteiger partial charge in [0.05, 0.1) is 5.56 Å². The molecule has 1 aromatic rings. The Morgan fingerprint density at radius 3 is 2.69 bits per heavy atom. The van der Waals surface area contributed by atoms with Crippen LogP contribution < -0.4 is 5.73 Å². The minimum absolute atomic E-state index is 0.140. The lowest BCUT2D eigenvalue weighted by atomic mass is 9.91. The maximum atomic E-state index is 12.1. The molecule has 4 heteroatoms. The molecule has 2 N–H and O–H groups in total. The second-order valence-corrected chi connectivity index (χ2v) is 5.28. The Bertz CT molecular complexity index is 342. The normalized spacial score (nSPS) is 25.4. The van der Waals surface area contributed by atoms with E-state index in [0.29, 0.717) is 12.1 Å². The lowest BCUT2D eigenvalue weighted by Crippen LogP contribution is -2.41. The number of hydrogen-bond donors (Lipinski definition) is 1. The summed E-state index contributed by atoms with van der Waals surface area (Å²) in [4.78, 5) is 14.0. The van der Waals surface area contributed by atoms with Crippen molar-refractivity contribution >= 4 is 17.2 Å². The molecular formula is C12H18N2OS. The molecule has 1 aromatic heterocycles. The summed E-state index contributed by atoms with van der Waals surface area (Å²) in [5, 5.41) is 3.85. The highest BCUT2D eigenvalue weighted by atomic mass is 32.1. The van der Waals surface area contributed by atoms with Crippen LogP contribution in [0.3, 0.4) is 0 Å². The number of rotatable bonds is 2. The zero-order valence-electron chi connectivity index (χ0n) is 9.56. The monoisotopic (exact) mass is 238 g/mol. The Labute approximate surface area is 100 Å². The fourth-order valence-corrected chi connectivity index (χ4v) is 2.87. The number of thiophene rings is 1. The van der Waals surface area contributed by atoms with Crippen LogP contribution in [0.15, 0.2) is 16.8 Å². The van der Waals surface area contributed by atoms with E-state index < -0.39 is 0 Å². The fraction of sp³-hybridized carbons (Fsp3) is 0.583. The highest BCUT2D eigenvalue weighted by Crippen LogP contribution is 2.22.